The molecule has 2 nitrogen and oxygen atoms in total. The zero-order valence-electron chi connectivity index (χ0n) is 11.2. The number of allylic oxidation sites excluding steroid dienone is 5. The normalized spacial score (nSPS) is 29.2. The fraction of sp³-hybridized carbons (Fsp3) is 0.438. The molecule has 18 heavy (non-hydrogen) atoms. The summed E-state index contributed by atoms with van der Waals surface area (Å²) in [6.07, 6.45) is 11.3. The number of hydrogen-bond donors (Lipinski definition) is 0. The van der Waals surface area contributed by atoms with E-state index < -0.39 is 0 Å². The molecule has 0 unspecified atom stereocenters. The van der Waals surface area contributed by atoms with Gasteiger partial charge >= 0.3 is 0 Å². The Kier molecular flexibility index (Phi) is 3.55. The van der Waals surface area contributed by atoms with E-state index in [0.717, 1.165) is 17.9 Å². The maximum atomic E-state index is 5.74. The molecule has 1 heterocycles. The minimum Gasteiger partial charge on any atom is -0.475 e. The van der Waals surface area contributed by atoms with Crippen LogP contribution in [0.4, 0.5) is 0 Å². The van der Waals surface area contributed by atoms with Gasteiger partial charge in [0.2, 0.25) is 5.90 Å². The molecule has 1 aliphatic heterocycles. The van der Waals surface area contributed by atoms with E-state index in [1.165, 1.54) is 0 Å². The Hall–Kier alpha value is -1.57. The highest BCUT2D eigenvalue weighted by molar-refractivity contribution is 5.96. The lowest BCUT2D eigenvalue weighted by atomic mass is 9.80. The second-order valence-electron chi connectivity index (χ2n) is 5.47. The van der Waals surface area contributed by atoms with Crippen molar-refractivity contribution < 1.29 is 4.74 Å². The lowest BCUT2D eigenvalue weighted by molar-refractivity contribution is 0.277. The first-order valence-electron chi connectivity index (χ1n) is 6.42. The van der Waals surface area contributed by atoms with Gasteiger partial charge in [0.15, 0.2) is 0 Å². The average Bonchev–Trinajstić information content (AvgIpc) is 2.70. The highest BCUT2D eigenvalue weighted by Crippen LogP contribution is 2.33. The Bertz CT molecular complexity index is 440. The molecule has 0 radical (unpaired) electrons. The molecule has 1 aliphatic carbocycles. The van der Waals surface area contributed by atoms with Crippen LogP contribution < -0.4 is 0 Å². The molecule has 96 valence electrons. The number of rotatable bonds is 4. The molecule has 0 fully saturated rings. The maximum absolute atomic E-state index is 5.74. The number of ether oxygens (including phenoxy) is 1. The van der Waals surface area contributed by atoms with Crippen LogP contribution >= 0.6 is 0 Å². The molecule has 0 saturated heterocycles. The van der Waals surface area contributed by atoms with Crippen molar-refractivity contribution in [1.82, 2.24) is 0 Å². The summed E-state index contributed by atoms with van der Waals surface area (Å²) in [5, 5.41) is 0. The Morgan fingerprint density at radius 3 is 2.83 bits per heavy atom. The Labute approximate surface area is 109 Å². The van der Waals surface area contributed by atoms with Crippen LogP contribution in [0, 0.1) is 11.8 Å². The zero-order valence-corrected chi connectivity index (χ0v) is 11.2. The minimum absolute atomic E-state index is 0.114. The van der Waals surface area contributed by atoms with Gasteiger partial charge in [-0.2, -0.15) is 0 Å². The third-order valence-corrected chi connectivity index (χ3v) is 3.36. The number of hydrogen-bond acceptors (Lipinski definition) is 2. The van der Waals surface area contributed by atoms with Crippen LogP contribution in [0.5, 0.6) is 0 Å². The van der Waals surface area contributed by atoms with Crippen LogP contribution in [0.3, 0.4) is 0 Å². The van der Waals surface area contributed by atoms with Crippen LogP contribution in [-0.2, 0) is 4.74 Å². The lowest BCUT2D eigenvalue weighted by Crippen LogP contribution is -2.21. The number of aliphatic imine (C=N–C) groups is 1. The fourth-order valence-electron chi connectivity index (χ4n) is 2.43. The van der Waals surface area contributed by atoms with Crippen molar-refractivity contribution in [3.8, 4) is 0 Å². The van der Waals surface area contributed by atoms with Crippen LogP contribution in [-0.4, -0.2) is 18.0 Å². The van der Waals surface area contributed by atoms with Gasteiger partial charge in [0.25, 0.3) is 0 Å². The first-order chi connectivity index (χ1) is 8.57. The van der Waals surface area contributed by atoms with Crippen molar-refractivity contribution in [3.63, 3.8) is 0 Å². The molecule has 2 heteroatoms. The third kappa shape index (κ3) is 2.47. The van der Waals surface area contributed by atoms with E-state index in [0.29, 0.717) is 12.5 Å². The molecule has 0 saturated carbocycles. The molecule has 2 atom stereocenters. The largest absolute Gasteiger partial charge is 0.475 e. The van der Waals surface area contributed by atoms with E-state index in [9.17, 15) is 0 Å². The average molecular weight is 243 g/mol. The van der Waals surface area contributed by atoms with Crippen molar-refractivity contribution in [1.29, 1.82) is 0 Å². The quantitative estimate of drug-likeness (QED) is 0.690. The first kappa shape index (κ1) is 12.9. The van der Waals surface area contributed by atoms with Gasteiger partial charge in [0, 0.05) is 11.5 Å². The van der Waals surface area contributed by atoms with Gasteiger partial charge < -0.3 is 4.74 Å². The summed E-state index contributed by atoms with van der Waals surface area (Å²) >= 11 is 0. The molecule has 2 rings (SSSR count). The summed E-state index contributed by atoms with van der Waals surface area (Å²) in [5.41, 5.74) is 1.03. The zero-order chi connectivity index (χ0) is 13.2. The highest BCUT2D eigenvalue weighted by Gasteiger charge is 2.32. The molecular formula is C16H21NO. The van der Waals surface area contributed by atoms with Gasteiger partial charge in [0.1, 0.15) is 6.61 Å². The van der Waals surface area contributed by atoms with Crippen LogP contribution in [0.25, 0.3) is 0 Å². The molecule has 0 aromatic carbocycles. The SMILES string of the molecule is C=CC[C@@H]1C=CC=C(C2=NC(C)(C)CO2)[C@H]1C=C. The smallest absolute Gasteiger partial charge is 0.213 e. The van der Waals surface area contributed by atoms with Gasteiger partial charge in [-0.3, -0.25) is 0 Å². The van der Waals surface area contributed by atoms with Gasteiger partial charge in [-0.15, -0.1) is 13.2 Å². The summed E-state index contributed by atoms with van der Waals surface area (Å²) in [6, 6.07) is 0. The summed E-state index contributed by atoms with van der Waals surface area (Å²) in [6.45, 7) is 12.6. The predicted molar refractivity (Wildman–Crippen MR) is 76.7 cm³/mol. The second kappa shape index (κ2) is 4.97. The molecule has 0 aromatic rings. The lowest BCUT2D eigenvalue weighted by Gasteiger charge is -2.25. The highest BCUT2D eigenvalue weighted by atomic mass is 16.5. The minimum atomic E-state index is -0.114. The summed E-state index contributed by atoms with van der Waals surface area (Å²) in [4.78, 5) is 4.66. The van der Waals surface area contributed by atoms with Crippen molar-refractivity contribution in [3.05, 3.63) is 49.1 Å². The first-order valence-corrected chi connectivity index (χ1v) is 6.42. The van der Waals surface area contributed by atoms with Crippen molar-refractivity contribution >= 4 is 5.90 Å². The van der Waals surface area contributed by atoms with E-state index in [2.05, 4.69) is 50.2 Å². The Morgan fingerprint density at radius 1 is 1.50 bits per heavy atom. The third-order valence-electron chi connectivity index (χ3n) is 3.36. The number of nitrogens with zero attached hydrogens (tertiary/aromatic N) is 1. The van der Waals surface area contributed by atoms with Crippen molar-refractivity contribution in [2.45, 2.75) is 25.8 Å². The predicted octanol–water partition coefficient (Wildman–Crippen LogP) is 3.68. The van der Waals surface area contributed by atoms with E-state index in [1.807, 2.05) is 12.2 Å². The van der Waals surface area contributed by atoms with Gasteiger partial charge in [-0.25, -0.2) is 4.99 Å². The van der Waals surface area contributed by atoms with E-state index >= 15 is 0 Å². The van der Waals surface area contributed by atoms with E-state index in [1.54, 1.807) is 0 Å². The molecule has 0 bridgehead atoms. The standard InChI is InChI=1S/C16H21NO/c1-5-8-12-9-7-10-14(13(12)6-2)15-17-16(3,4)11-18-15/h5-7,9-10,12-13H,1-2,8,11H2,3-4H3/t12-,13+/m1/s1. The van der Waals surface area contributed by atoms with Gasteiger partial charge in [0.05, 0.1) is 5.54 Å². The van der Waals surface area contributed by atoms with Crippen LogP contribution in [0.2, 0.25) is 0 Å². The second-order valence-corrected chi connectivity index (χ2v) is 5.47. The maximum Gasteiger partial charge on any atom is 0.213 e. The molecule has 0 N–H and O–H groups in total. The van der Waals surface area contributed by atoms with Gasteiger partial charge in [-0.1, -0.05) is 30.4 Å². The topological polar surface area (TPSA) is 21.6 Å². The molecule has 0 aromatic heterocycles. The van der Waals surface area contributed by atoms with Gasteiger partial charge in [-0.05, 0) is 26.2 Å². The molecule has 2 aliphatic rings. The molecule has 0 spiro atoms. The fourth-order valence-corrected chi connectivity index (χ4v) is 2.43. The van der Waals surface area contributed by atoms with Crippen molar-refractivity contribution in [2.24, 2.45) is 16.8 Å². The Morgan fingerprint density at radius 2 is 2.28 bits per heavy atom. The van der Waals surface area contributed by atoms with Crippen LogP contribution in [0.1, 0.15) is 20.3 Å². The summed E-state index contributed by atoms with van der Waals surface area (Å²) in [5.74, 6) is 1.46. The summed E-state index contributed by atoms with van der Waals surface area (Å²) in [7, 11) is 0. The molecule has 0 amide bonds. The molecular weight excluding hydrogens is 222 g/mol. The monoisotopic (exact) mass is 243 g/mol. The summed E-state index contributed by atoms with van der Waals surface area (Å²) < 4.78 is 5.74. The van der Waals surface area contributed by atoms with E-state index in [-0.39, 0.29) is 11.5 Å². The van der Waals surface area contributed by atoms with E-state index in [4.69, 9.17) is 4.74 Å². The van der Waals surface area contributed by atoms with Crippen LogP contribution in [0.15, 0.2) is 54.1 Å². The Balaban J connectivity index is 2.27. The van der Waals surface area contributed by atoms with Crippen molar-refractivity contribution in [2.75, 3.05) is 6.61 Å².